The van der Waals surface area contributed by atoms with Gasteiger partial charge < -0.3 is 10.1 Å². The molecule has 0 aromatic heterocycles. The summed E-state index contributed by atoms with van der Waals surface area (Å²) in [6.07, 6.45) is 1.05. The molecule has 4 rings (SSSR count). The maximum absolute atomic E-state index is 13.5. The first-order chi connectivity index (χ1) is 15.7. The van der Waals surface area contributed by atoms with Gasteiger partial charge in [-0.2, -0.15) is 0 Å². The van der Waals surface area contributed by atoms with Crippen LogP contribution in [0.25, 0.3) is 0 Å². The summed E-state index contributed by atoms with van der Waals surface area (Å²) in [5.74, 6) is -0.587. The van der Waals surface area contributed by atoms with Crippen LogP contribution in [-0.4, -0.2) is 18.4 Å². The highest BCUT2D eigenvalue weighted by molar-refractivity contribution is 6.30. The van der Waals surface area contributed by atoms with Crippen LogP contribution in [0.4, 0.5) is 0 Å². The fourth-order valence-corrected chi connectivity index (χ4v) is 4.84. The molecule has 0 spiro atoms. The summed E-state index contributed by atoms with van der Waals surface area (Å²) < 4.78 is 5.60. The molecular formula is C27H27Cl2NO3. The van der Waals surface area contributed by atoms with E-state index in [1.54, 1.807) is 12.1 Å². The Morgan fingerprint density at radius 3 is 2.15 bits per heavy atom. The second kappa shape index (κ2) is 9.74. The number of ketones is 1. The van der Waals surface area contributed by atoms with Gasteiger partial charge in [0, 0.05) is 39.4 Å². The minimum absolute atomic E-state index is 0.0327. The van der Waals surface area contributed by atoms with Crippen LogP contribution in [0, 0.1) is 5.92 Å². The molecule has 33 heavy (non-hydrogen) atoms. The predicted octanol–water partition coefficient (Wildman–Crippen LogP) is 6.55. The van der Waals surface area contributed by atoms with Gasteiger partial charge in [0.15, 0.2) is 5.78 Å². The minimum atomic E-state index is -0.489. The number of nitrogens with one attached hydrogen (secondary N) is 1. The second-order valence-corrected chi connectivity index (χ2v) is 9.99. The van der Waals surface area contributed by atoms with Crippen molar-refractivity contribution in [3.63, 3.8) is 0 Å². The van der Waals surface area contributed by atoms with E-state index in [0.717, 1.165) is 16.8 Å². The van der Waals surface area contributed by atoms with E-state index in [4.69, 9.17) is 27.9 Å². The highest BCUT2D eigenvalue weighted by atomic mass is 35.5. The number of benzene rings is 2. The first-order valence-corrected chi connectivity index (χ1v) is 11.9. The Hall–Kier alpha value is -2.56. The summed E-state index contributed by atoms with van der Waals surface area (Å²) in [6.45, 7) is 6.18. The largest absolute Gasteiger partial charge is 0.462 e. The molecule has 1 aliphatic heterocycles. The van der Waals surface area contributed by atoms with Crippen molar-refractivity contribution in [3.8, 4) is 0 Å². The van der Waals surface area contributed by atoms with E-state index in [1.807, 2.05) is 57.2 Å². The topological polar surface area (TPSA) is 55.4 Å². The number of esters is 1. The van der Waals surface area contributed by atoms with Gasteiger partial charge >= 0.3 is 5.97 Å². The molecular weight excluding hydrogens is 457 g/mol. The number of hydrogen-bond donors (Lipinski definition) is 1. The van der Waals surface area contributed by atoms with Crippen molar-refractivity contribution in [2.24, 2.45) is 5.92 Å². The van der Waals surface area contributed by atoms with Crippen molar-refractivity contribution in [1.29, 1.82) is 0 Å². The van der Waals surface area contributed by atoms with Crippen molar-refractivity contribution >= 4 is 35.0 Å². The van der Waals surface area contributed by atoms with Gasteiger partial charge in [0.2, 0.25) is 0 Å². The van der Waals surface area contributed by atoms with Gasteiger partial charge in [0.1, 0.15) is 0 Å². The van der Waals surface area contributed by atoms with Gasteiger partial charge in [-0.3, -0.25) is 4.79 Å². The third kappa shape index (κ3) is 5.02. The summed E-state index contributed by atoms with van der Waals surface area (Å²) in [6, 6.07) is 15.0. The van der Waals surface area contributed by atoms with Gasteiger partial charge in [-0.05, 0) is 60.6 Å². The Kier molecular flexibility index (Phi) is 6.96. The molecule has 2 aliphatic rings. The molecule has 2 unspecified atom stereocenters. The third-order valence-corrected chi connectivity index (χ3v) is 6.64. The van der Waals surface area contributed by atoms with Crippen molar-refractivity contribution < 1.29 is 14.3 Å². The molecule has 1 aliphatic carbocycles. The van der Waals surface area contributed by atoms with Gasteiger partial charge in [0.25, 0.3) is 0 Å². The van der Waals surface area contributed by atoms with Crippen LogP contribution in [0.2, 0.25) is 10.0 Å². The van der Waals surface area contributed by atoms with Gasteiger partial charge in [-0.25, -0.2) is 4.79 Å². The second-order valence-electron chi connectivity index (χ2n) is 9.11. The molecule has 0 saturated heterocycles. The van der Waals surface area contributed by atoms with E-state index in [9.17, 15) is 9.59 Å². The molecule has 0 bridgehead atoms. The molecule has 4 nitrogen and oxygen atoms in total. The zero-order valence-corrected chi connectivity index (χ0v) is 20.5. The monoisotopic (exact) mass is 483 g/mol. The Balaban J connectivity index is 1.75. The maximum Gasteiger partial charge on any atom is 0.336 e. The Labute approximate surface area is 204 Å². The number of allylic oxidation sites excluding steroid dienone is 3. The van der Waals surface area contributed by atoms with Gasteiger partial charge in [0.05, 0.1) is 12.2 Å². The van der Waals surface area contributed by atoms with Crippen LogP contribution in [-0.2, 0) is 14.3 Å². The number of halogens is 2. The van der Waals surface area contributed by atoms with Crippen LogP contribution in [0.3, 0.4) is 0 Å². The number of hydrogen-bond acceptors (Lipinski definition) is 4. The maximum atomic E-state index is 13.5. The Morgan fingerprint density at radius 2 is 1.58 bits per heavy atom. The van der Waals surface area contributed by atoms with Crippen molar-refractivity contribution in [2.75, 3.05) is 6.61 Å². The van der Waals surface area contributed by atoms with Gasteiger partial charge in [-0.1, -0.05) is 61.3 Å². The van der Waals surface area contributed by atoms with E-state index in [1.165, 1.54) is 0 Å². The smallest absolute Gasteiger partial charge is 0.336 e. The Morgan fingerprint density at radius 1 is 1.00 bits per heavy atom. The number of dihydropyridines is 1. The van der Waals surface area contributed by atoms with Crippen LogP contribution in [0.15, 0.2) is 71.1 Å². The average molecular weight is 484 g/mol. The lowest BCUT2D eigenvalue weighted by molar-refractivity contribution is -0.140. The zero-order chi connectivity index (χ0) is 23.7. The molecule has 172 valence electrons. The number of Topliss-reactive ketones (excluding diaryl/α,β-unsaturated/α-hetero) is 1. The fraction of sp³-hybridized carbons (Fsp3) is 0.333. The van der Waals surface area contributed by atoms with Crippen LogP contribution >= 0.6 is 23.2 Å². The lowest BCUT2D eigenvalue weighted by Gasteiger charge is -2.36. The SMILES string of the molecule is CC1=C(C(=O)OCC(C)C)C(c2ccc(Cl)cc2)C2=C(CC(c3ccc(Cl)cc3)CC2=O)N1. The Bertz CT molecular complexity index is 1130. The summed E-state index contributed by atoms with van der Waals surface area (Å²) in [5, 5.41) is 4.65. The van der Waals surface area contributed by atoms with E-state index < -0.39 is 11.9 Å². The quantitative estimate of drug-likeness (QED) is 0.489. The summed E-state index contributed by atoms with van der Waals surface area (Å²) in [4.78, 5) is 26.7. The average Bonchev–Trinajstić information content (AvgIpc) is 2.77. The minimum Gasteiger partial charge on any atom is -0.462 e. The number of ether oxygens (including phenoxy) is 1. The van der Waals surface area contributed by atoms with Crippen LogP contribution in [0.1, 0.15) is 56.6 Å². The third-order valence-electron chi connectivity index (χ3n) is 6.14. The van der Waals surface area contributed by atoms with Crippen LogP contribution in [0.5, 0.6) is 0 Å². The van der Waals surface area contributed by atoms with Crippen molar-refractivity contribution in [2.45, 2.75) is 45.4 Å². The van der Waals surface area contributed by atoms with E-state index >= 15 is 0 Å². The molecule has 0 amide bonds. The molecule has 0 saturated carbocycles. The molecule has 6 heteroatoms. The highest BCUT2D eigenvalue weighted by Crippen LogP contribution is 2.46. The zero-order valence-electron chi connectivity index (χ0n) is 19.0. The van der Waals surface area contributed by atoms with E-state index in [-0.39, 0.29) is 17.6 Å². The lowest BCUT2D eigenvalue weighted by atomic mass is 9.72. The number of carbonyl (C=O) groups is 2. The molecule has 2 aromatic carbocycles. The molecule has 0 radical (unpaired) electrons. The molecule has 0 fully saturated rings. The molecule has 1 heterocycles. The predicted molar refractivity (Wildman–Crippen MR) is 131 cm³/mol. The standard InChI is InChI=1S/C27H27Cl2NO3/c1-15(2)14-33-27(32)24-16(3)30-22-12-19(17-4-8-20(28)9-5-17)13-23(31)26(22)25(24)18-6-10-21(29)11-7-18/h4-11,15,19,25,30H,12-14H2,1-3H3. The molecule has 2 aromatic rings. The first-order valence-electron chi connectivity index (χ1n) is 11.2. The van der Waals surface area contributed by atoms with E-state index in [2.05, 4.69) is 5.32 Å². The van der Waals surface area contributed by atoms with Crippen molar-refractivity contribution in [1.82, 2.24) is 5.32 Å². The number of carbonyl (C=O) groups excluding carboxylic acids is 2. The summed E-state index contributed by atoms with van der Waals surface area (Å²) in [7, 11) is 0. The molecule has 2 atom stereocenters. The lowest BCUT2D eigenvalue weighted by Crippen LogP contribution is -2.36. The van der Waals surface area contributed by atoms with Gasteiger partial charge in [-0.15, -0.1) is 0 Å². The summed E-state index contributed by atoms with van der Waals surface area (Å²) in [5.41, 5.74) is 4.63. The first kappa shape index (κ1) is 23.6. The summed E-state index contributed by atoms with van der Waals surface area (Å²) >= 11 is 12.2. The van der Waals surface area contributed by atoms with Crippen molar-refractivity contribution in [3.05, 3.63) is 92.2 Å². The van der Waals surface area contributed by atoms with Crippen LogP contribution < -0.4 is 5.32 Å². The normalized spacial score (nSPS) is 20.6. The molecule has 1 N–H and O–H groups in total. The van der Waals surface area contributed by atoms with E-state index in [0.29, 0.717) is 46.3 Å². The number of rotatable bonds is 5. The highest BCUT2D eigenvalue weighted by Gasteiger charge is 2.41. The fourth-order valence-electron chi connectivity index (χ4n) is 4.59.